The normalized spacial score (nSPS) is 19.7. The first-order valence-electron chi connectivity index (χ1n) is 16.8. The highest BCUT2D eigenvalue weighted by molar-refractivity contribution is 7.99. The van der Waals surface area contributed by atoms with Crippen molar-refractivity contribution in [3.8, 4) is 11.3 Å². The number of aliphatic hydroxyl groups is 2. The fourth-order valence-corrected chi connectivity index (χ4v) is 8.87. The molecule has 0 aliphatic carbocycles. The number of aromatic nitrogens is 2. The quantitative estimate of drug-likeness (QED) is 0.288. The van der Waals surface area contributed by atoms with Gasteiger partial charge in [-0.1, -0.05) is 24.3 Å². The van der Waals surface area contributed by atoms with E-state index >= 15 is 0 Å². The molecule has 2 aromatic carbocycles. The minimum Gasteiger partial charge on any atom is -0.393 e. The molecule has 3 aliphatic rings. The van der Waals surface area contributed by atoms with Crippen LogP contribution in [0.3, 0.4) is 0 Å². The Morgan fingerprint density at radius 1 is 0.959 bits per heavy atom. The summed E-state index contributed by atoms with van der Waals surface area (Å²) in [5, 5.41) is 25.9. The molecule has 0 saturated carbocycles. The molecule has 49 heavy (non-hydrogen) atoms. The summed E-state index contributed by atoms with van der Waals surface area (Å²) in [4.78, 5) is 6.79. The van der Waals surface area contributed by atoms with Crippen LogP contribution in [0.2, 0.25) is 0 Å². The van der Waals surface area contributed by atoms with Crippen molar-refractivity contribution in [3.63, 3.8) is 0 Å². The number of rotatable bonds is 11. The van der Waals surface area contributed by atoms with Gasteiger partial charge in [-0.3, -0.25) is 9.58 Å². The van der Waals surface area contributed by atoms with Gasteiger partial charge in [0.05, 0.1) is 36.3 Å². The van der Waals surface area contributed by atoms with E-state index in [2.05, 4.69) is 26.8 Å². The molecule has 3 aromatic rings. The number of hydrogen-bond acceptors (Lipinski definition) is 9. The van der Waals surface area contributed by atoms with Gasteiger partial charge in [-0.2, -0.15) is 22.6 Å². The smallest absolute Gasteiger partial charge is 0.393 e. The first-order chi connectivity index (χ1) is 23.3. The molecule has 0 spiro atoms. The highest BCUT2D eigenvalue weighted by atomic mass is 32.2. The lowest BCUT2D eigenvalue weighted by Gasteiger charge is -2.37. The van der Waals surface area contributed by atoms with Gasteiger partial charge in [-0.05, 0) is 37.1 Å². The highest BCUT2D eigenvalue weighted by Gasteiger charge is 2.35. The van der Waals surface area contributed by atoms with E-state index in [1.54, 1.807) is 4.68 Å². The Morgan fingerprint density at radius 2 is 1.67 bits per heavy atom. The first kappa shape index (κ1) is 36.1. The number of β-amino-alcohol motifs (C(OH)–C–C–N with tert-alkyl or cyclic N) is 1. The number of alkyl halides is 3. The van der Waals surface area contributed by atoms with Gasteiger partial charge in [-0.25, -0.2) is 8.42 Å². The Kier molecular flexibility index (Phi) is 11.3. The number of likely N-dealkylation sites (tertiary alicyclic amines) is 1. The largest absolute Gasteiger partial charge is 0.417 e. The Balaban J connectivity index is 1.21. The van der Waals surface area contributed by atoms with E-state index in [9.17, 15) is 31.8 Å². The summed E-state index contributed by atoms with van der Waals surface area (Å²) in [5.41, 5.74) is 2.83. The molecule has 3 aliphatic heterocycles. The van der Waals surface area contributed by atoms with Crippen molar-refractivity contribution in [2.45, 2.75) is 55.6 Å². The second-order valence-corrected chi connectivity index (χ2v) is 16.3. The van der Waals surface area contributed by atoms with Crippen LogP contribution in [0.5, 0.6) is 0 Å². The predicted octanol–water partition coefficient (Wildman–Crippen LogP) is 3.62. The lowest BCUT2D eigenvalue weighted by atomic mass is 10.0. The number of piperazine rings is 1. The number of benzene rings is 2. The standard InChI is InChI=1S/C34H45F3N6O4S2/c1-49(46,47)42-14-11-31-29(24-42)33(38-43(31)23-28(45)22-40-15-17-41(18-16-40)26-5-3-2-4-6-26)25-7-8-30(34(35,36)37)32(21-25)48-20-19-39-12-9-27(44)10-13-39/h2-8,21,27-28,44-45H,9-20,22-24H2,1H3. The zero-order valence-corrected chi connectivity index (χ0v) is 29.4. The summed E-state index contributed by atoms with van der Waals surface area (Å²) in [6.07, 6.45) is -2.76. The Labute approximate surface area is 290 Å². The lowest BCUT2D eigenvalue weighted by molar-refractivity contribution is -0.139. The Hall–Kier alpha value is -2.66. The maximum Gasteiger partial charge on any atom is 0.417 e. The van der Waals surface area contributed by atoms with Crippen LogP contribution in [0.15, 0.2) is 53.4 Å². The lowest BCUT2D eigenvalue weighted by Crippen LogP contribution is -2.49. The van der Waals surface area contributed by atoms with Crippen molar-refractivity contribution in [2.75, 3.05) is 75.8 Å². The van der Waals surface area contributed by atoms with Crippen molar-refractivity contribution >= 4 is 27.5 Å². The van der Waals surface area contributed by atoms with Gasteiger partial charge in [0.15, 0.2) is 0 Å². The van der Waals surface area contributed by atoms with E-state index in [1.165, 1.54) is 22.1 Å². The van der Waals surface area contributed by atoms with Gasteiger partial charge >= 0.3 is 6.18 Å². The molecule has 15 heteroatoms. The van der Waals surface area contributed by atoms with Gasteiger partial charge < -0.3 is 20.0 Å². The third-order valence-corrected chi connectivity index (χ3v) is 12.0. The predicted molar refractivity (Wildman–Crippen MR) is 185 cm³/mol. The van der Waals surface area contributed by atoms with Crippen LogP contribution in [0.25, 0.3) is 11.3 Å². The summed E-state index contributed by atoms with van der Waals surface area (Å²) < 4.78 is 70.6. The molecule has 6 rings (SSSR count). The molecule has 0 amide bonds. The molecule has 0 radical (unpaired) electrons. The van der Waals surface area contributed by atoms with Crippen molar-refractivity contribution in [1.82, 2.24) is 23.9 Å². The summed E-state index contributed by atoms with van der Waals surface area (Å²) >= 11 is 1.14. The van der Waals surface area contributed by atoms with E-state index in [1.807, 2.05) is 18.2 Å². The molecule has 2 saturated heterocycles. The molecular formula is C34H45F3N6O4S2. The molecule has 268 valence electrons. The Bertz CT molecular complexity index is 1670. The van der Waals surface area contributed by atoms with Crippen LogP contribution in [-0.2, 0) is 35.7 Å². The number of anilines is 1. The van der Waals surface area contributed by atoms with E-state index in [-0.39, 0.29) is 30.6 Å². The average molecular weight is 723 g/mol. The van der Waals surface area contributed by atoms with Gasteiger partial charge in [0.1, 0.15) is 0 Å². The van der Waals surface area contributed by atoms with Crippen LogP contribution in [0.4, 0.5) is 18.9 Å². The van der Waals surface area contributed by atoms with Gasteiger partial charge in [-0.15, -0.1) is 11.8 Å². The molecule has 2 fully saturated rings. The van der Waals surface area contributed by atoms with E-state index in [0.717, 1.165) is 56.0 Å². The monoisotopic (exact) mass is 722 g/mol. The number of halogens is 3. The summed E-state index contributed by atoms with van der Waals surface area (Å²) in [7, 11) is -3.52. The molecule has 1 atom stereocenters. The number of nitrogens with zero attached hydrogens (tertiary/aromatic N) is 6. The van der Waals surface area contributed by atoms with E-state index < -0.39 is 27.9 Å². The molecule has 1 aromatic heterocycles. The van der Waals surface area contributed by atoms with Gasteiger partial charge in [0, 0.05) is 105 Å². The van der Waals surface area contributed by atoms with E-state index in [0.29, 0.717) is 68.0 Å². The first-order valence-corrected chi connectivity index (χ1v) is 19.7. The van der Waals surface area contributed by atoms with Gasteiger partial charge in [0.2, 0.25) is 10.0 Å². The fourth-order valence-electron chi connectivity index (χ4n) is 6.97. The number of aliphatic hydroxyl groups excluding tert-OH is 2. The summed E-state index contributed by atoms with van der Waals surface area (Å²) in [6.45, 7) is 6.25. The van der Waals surface area contributed by atoms with Gasteiger partial charge in [0.25, 0.3) is 0 Å². The van der Waals surface area contributed by atoms with Crippen molar-refractivity contribution in [2.24, 2.45) is 0 Å². The van der Waals surface area contributed by atoms with Crippen LogP contribution < -0.4 is 4.90 Å². The zero-order valence-electron chi connectivity index (χ0n) is 27.7. The highest BCUT2D eigenvalue weighted by Crippen LogP contribution is 2.40. The number of thioether (sulfide) groups is 1. The van der Waals surface area contributed by atoms with Crippen LogP contribution in [0, 0.1) is 0 Å². The minimum atomic E-state index is -4.54. The summed E-state index contributed by atoms with van der Waals surface area (Å²) in [5.74, 6) is 0.447. The number of para-hydroxylation sites is 1. The maximum absolute atomic E-state index is 14.1. The topological polar surface area (TPSA) is 105 Å². The minimum absolute atomic E-state index is 0.0609. The SMILES string of the molecule is CS(=O)(=O)N1CCc2c(c(-c3ccc(C(F)(F)F)c(SCCN4CCC(O)CC4)c3)nn2CC(O)CN2CCN(c3ccccc3)CC2)C1. The third kappa shape index (κ3) is 8.99. The molecular weight excluding hydrogens is 678 g/mol. The summed E-state index contributed by atoms with van der Waals surface area (Å²) in [6, 6.07) is 14.2. The van der Waals surface area contributed by atoms with Crippen LogP contribution >= 0.6 is 11.8 Å². The number of hydrogen-bond donors (Lipinski definition) is 2. The van der Waals surface area contributed by atoms with Crippen LogP contribution in [-0.4, -0.2) is 126 Å². The number of piperidine rings is 1. The molecule has 1 unspecified atom stereocenters. The fraction of sp³-hybridized carbons (Fsp3) is 0.559. The molecule has 0 bridgehead atoms. The average Bonchev–Trinajstić information content (AvgIpc) is 3.43. The zero-order chi connectivity index (χ0) is 34.8. The van der Waals surface area contributed by atoms with Crippen molar-refractivity contribution in [3.05, 3.63) is 65.4 Å². The molecule has 2 N–H and O–H groups in total. The van der Waals surface area contributed by atoms with E-state index in [4.69, 9.17) is 5.10 Å². The molecule has 4 heterocycles. The van der Waals surface area contributed by atoms with Crippen molar-refractivity contribution < 1.29 is 31.8 Å². The Morgan fingerprint density at radius 3 is 2.35 bits per heavy atom. The van der Waals surface area contributed by atoms with Crippen molar-refractivity contribution in [1.29, 1.82) is 0 Å². The van der Waals surface area contributed by atoms with Crippen LogP contribution in [0.1, 0.15) is 29.7 Å². The third-order valence-electron chi connectivity index (χ3n) is 9.70. The number of fused-ring (bicyclic) bond motifs is 1. The maximum atomic E-state index is 14.1. The second-order valence-electron chi connectivity index (χ2n) is 13.2. The second kappa shape index (κ2) is 15.3. The number of sulfonamides is 1. The molecule has 10 nitrogen and oxygen atoms in total.